The number of ether oxygens (including phenoxy) is 2. The first-order chi connectivity index (χ1) is 16.9. The van der Waals surface area contributed by atoms with Crippen LogP contribution in [0.15, 0.2) is 72.3 Å². The zero-order chi connectivity index (χ0) is 25.2. The molecule has 0 saturated heterocycles. The van der Waals surface area contributed by atoms with Gasteiger partial charge in [0.25, 0.3) is 11.8 Å². The van der Waals surface area contributed by atoms with Crippen molar-refractivity contribution >= 4 is 40.9 Å². The lowest BCUT2D eigenvalue weighted by atomic mass is 10.1. The van der Waals surface area contributed by atoms with Gasteiger partial charge in [-0.05, 0) is 74.5 Å². The van der Waals surface area contributed by atoms with Crippen molar-refractivity contribution in [3.63, 3.8) is 0 Å². The molecule has 35 heavy (non-hydrogen) atoms. The van der Waals surface area contributed by atoms with Gasteiger partial charge in [-0.15, -0.1) is 0 Å². The summed E-state index contributed by atoms with van der Waals surface area (Å²) in [6, 6.07) is 20.8. The molecule has 0 aromatic heterocycles. The molecule has 8 heteroatoms. The number of rotatable bonds is 9. The van der Waals surface area contributed by atoms with Crippen LogP contribution in [0, 0.1) is 18.3 Å². The molecule has 0 heterocycles. The Morgan fingerprint density at radius 3 is 2.29 bits per heavy atom. The van der Waals surface area contributed by atoms with Gasteiger partial charge < -0.3 is 20.1 Å². The van der Waals surface area contributed by atoms with Gasteiger partial charge in [-0.1, -0.05) is 29.3 Å². The zero-order valence-electron chi connectivity index (χ0n) is 19.3. The minimum Gasteiger partial charge on any atom is -0.494 e. The van der Waals surface area contributed by atoms with Crippen molar-refractivity contribution < 1.29 is 19.1 Å². The molecule has 3 aromatic carbocycles. The minimum atomic E-state index is -0.598. The summed E-state index contributed by atoms with van der Waals surface area (Å²) < 4.78 is 11.0. The predicted molar refractivity (Wildman–Crippen MR) is 137 cm³/mol. The summed E-state index contributed by atoms with van der Waals surface area (Å²) in [7, 11) is 0. The maximum Gasteiger partial charge on any atom is 0.266 e. The Balaban J connectivity index is 1.71. The van der Waals surface area contributed by atoms with E-state index in [9.17, 15) is 14.9 Å². The smallest absolute Gasteiger partial charge is 0.266 e. The number of halogens is 1. The van der Waals surface area contributed by atoms with Crippen molar-refractivity contribution in [2.75, 3.05) is 23.8 Å². The quantitative estimate of drug-likeness (QED) is 0.300. The number of nitrogens with zero attached hydrogens (tertiary/aromatic N) is 1. The van der Waals surface area contributed by atoms with Gasteiger partial charge in [0.1, 0.15) is 23.1 Å². The highest BCUT2D eigenvalue weighted by Gasteiger charge is 2.13. The fraction of sp³-hybridized carbons (Fsp3) is 0.148. The third-order valence-corrected chi connectivity index (χ3v) is 4.99. The molecule has 2 amide bonds. The molecule has 0 spiro atoms. The fourth-order valence-corrected chi connectivity index (χ4v) is 3.23. The standard InChI is InChI=1S/C27H24ClN3O4/c1-3-34-24-11-9-23(10-12-24)31-27(33)20(16-29)14-19-15-21(28)6-13-25(19)35-17-26(32)30-22-7-4-18(2)5-8-22/h4-15H,3,17H2,1-2H3,(H,30,32)(H,31,33)/b20-14+. The second-order valence-electron chi connectivity index (χ2n) is 7.47. The van der Waals surface area contributed by atoms with Gasteiger partial charge in [0.2, 0.25) is 0 Å². The molecule has 0 fully saturated rings. The number of carbonyl (C=O) groups is 2. The number of aryl methyl sites for hydroxylation is 1. The van der Waals surface area contributed by atoms with Crippen LogP contribution < -0.4 is 20.1 Å². The fourth-order valence-electron chi connectivity index (χ4n) is 3.04. The van der Waals surface area contributed by atoms with Crippen LogP contribution in [0.25, 0.3) is 6.08 Å². The van der Waals surface area contributed by atoms with Crippen molar-refractivity contribution in [1.82, 2.24) is 0 Å². The highest BCUT2D eigenvalue weighted by molar-refractivity contribution is 6.30. The lowest BCUT2D eigenvalue weighted by molar-refractivity contribution is -0.118. The van der Waals surface area contributed by atoms with Crippen molar-refractivity contribution in [2.24, 2.45) is 0 Å². The third-order valence-electron chi connectivity index (χ3n) is 4.75. The molecule has 0 saturated carbocycles. The van der Waals surface area contributed by atoms with E-state index in [0.717, 1.165) is 5.56 Å². The molecule has 0 bridgehead atoms. The molecule has 0 radical (unpaired) electrons. The summed E-state index contributed by atoms with van der Waals surface area (Å²) in [5.41, 5.74) is 2.47. The number of amides is 2. The molecule has 7 nitrogen and oxygen atoms in total. The van der Waals surface area contributed by atoms with Crippen molar-refractivity contribution in [3.05, 3.63) is 88.5 Å². The molecular formula is C27H24ClN3O4. The Labute approximate surface area is 208 Å². The van der Waals surface area contributed by atoms with Crippen molar-refractivity contribution in [2.45, 2.75) is 13.8 Å². The molecule has 0 atom stereocenters. The first-order valence-electron chi connectivity index (χ1n) is 10.8. The van der Waals surface area contributed by atoms with E-state index >= 15 is 0 Å². The van der Waals surface area contributed by atoms with Crippen LogP contribution in [0.5, 0.6) is 11.5 Å². The van der Waals surface area contributed by atoms with Crippen LogP contribution in [-0.4, -0.2) is 25.0 Å². The summed E-state index contributed by atoms with van der Waals surface area (Å²) in [5.74, 6) is 0.0240. The van der Waals surface area contributed by atoms with E-state index in [1.54, 1.807) is 54.6 Å². The topological polar surface area (TPSA) is 100 Å². The summed E-state index contributed by atoms with van der Waals surface area (Å²) >= 11 is 6.12. The van der Waals surface area contributed by atoms with Gasteiger partial charge in [0, 0.05) is 22.0 Å². The van der Waals surface area contributed by atoms with Crippen molar-refractivity contribution in [1.29, 1.82) is 5.26 Å². The van der Waals surface area contributed by atoms with E-state index in [4.69, 9.17) is 21.1 Å². The summed E-state index contributed by atoms with van der Waals surface area (Å²) in [5, 5.41) is 15.4. The second kappa shape index (κ2) is 12.3. The monoisotopic (exact) mass is 489 g/mol. The Kier molecular flexibility index (Phi) is 8.88. The van der Waals surface area contributed by atoms with E-state index in [0.29, 0.717) is 40.1 Å². The maximum atomic E-state index is 12.7. The normalized spacial score (nSPS) is 10.7. The van der Waals surface area contributed by atoms with Crippen LogP contribution in [0.2, 0.25) is 5.02 Å². The average Bonchev–Trinajstić information content (AvgIpc) is 2.84. The van der Waals surface area contributed by atoms with Crippen LogP contribution in [0.1, 0.15) is 18.1 Å². The maximum absolute atomic E-state index is 12.7. The minimum absolute atomic E-state index is 0.157. The second-order valence-corrected chi connectivity index (χ2v) is 7.90. The Morgan fingerprint density at radius 1 is 0.971 bits per heavy atom. The molecule has 3 aromatic rings. The molecule has 0 aliphatic heterocycles. The van der Waals surface area contributed by atoms with Crippen LogP contribution in [0.3, 0.4) is 0 Å². The van der Waals surface area contributed by atoms with Crippen LogP contribution >= 0.6 is 11.6 Å². The average molecular weight is 490 g/mol. The summed E-state index contributed by atoms with van der Waals surface area (Å²) in [6.07, 6.45) is 1.36. The van der Waals surface area contributed by atoms with E-state index in [1.807, 2.05) is 32.0 Å². The largest absolute Gasteiger partial charge is 0.494 e. The van der Waals surface area contributed by atoms with Crippen LogP contribution in [0.4, 0.5) is 11.4 Å². The third kappa shape index (κ3) is 7.63. The van der Waals surface area contributed by atoms with Crippen molar-refractivity contribution in [3.8, 4) is 17.6 Å². The number of carbonyl (C=O) groups excluding carboxylic acids is 2. The molecule has 0 aliphatic carbocycles. The number of benzene rings is 3. The van der Waals surface area contributed by atoms with Gasteiger partial charge in [0.05, 0.1) is 6.61 Å². The number of anilines is 2. The number of hydrogen-bond acceptors (Lipinski definition) is 5. The molecule has 178 valence electrons. The molecule has 0 unspecified atom stereocenters. The Hall–Kier alpha value is -4.28. The van der Waals surface area contributed by atoms with Gasteiger partial charge in [-0.25, -0.2) is 0 Å². The van der Waals surface area contributed by atoms with E-state index in [1.165, 1.54) is 6.08 Å². The summed E-state index contributed by atoms with van der Waals surface area (Å²) in [6.45, 7) is 4.10. The predicted octanol–water partition coefficient (Wildman–Crippen LogP) is 5.61. The number of hydrogen-bond donors (Lipinski definition) is 2. The van der Waals surface area contributed by atoms with Gasteiger partial charge in [-0.3, -0.25) is 9.59 Å². The highest BCUT2D eigenvalue weighted by Crippen LogP contribution is 2.26. The molecular weight excluding hydrogens is 466 g/mol. The first kappa shape index (κ1) is 25.3. The molecule has 3 rings (SSSR count). The van der Waals surface area contributed by atoms with Gasteiger partial charge >= 0.3 is 0 Å². The lowest BCUT2D eigenvalue weighted by Crippen LogP contribution is -2.20. The van der Waals surface area contributed by atoms with E-state index in [2.05, 4.69) is 10.6 Å². The Morgan fingerprint density at radius 2 is 1.63 bits per heavy atom. The Bertz CT molecular complexity index is 1260. The SMILES string of the molecule is CCOc1ccc(NC(=O)/C(C#N)=C/c2cc(Cl)ccc2OCC(=O)Nc2ccc(C)cc2)cc1. The number of nitriles is 1. The van der Waals surface area contributed by atoms with E-state index in [-0.39, 0.29) is 18.1 Å². The van der Waals surface area contributed by atoms with Gasteiger partial charge in [-0.2, -0.15) is 5.26 Å². The number of nitrogens with one attached hydrogen (secondary N) is 2. The summed E-state index contributed by atoms with van der Waals surface area (Å²) in [4.78, 5) is 25.0. The lowest BCUT2D eigenvalue weighted by Gasteiger charge is -2.11. The van der Waals surface area contributed by atoms with Crippen LogP contribution in [-0.2, 0) is 9.59 Å². The molecule has 0 aliphatic rings. The van der Waals surface area contributed by atoms with Gasteiger partial charge in [0.15, 0.2) is 6.61 Å². The first-order valence-corrected chi connectivity index (χ1v) is 11.2. The molecule has 2 N–H and O–H groups in total. The van der Waals surface area contributed by atoms with E-state index < -0.39 is 5.91 Å². The zero-order valence-corrected chi connectivity index (χ0v) is 20.1. The highest BCUT2D eigenvalue weighted by atomic mass is 35.5.